The highest BCUT2D eigenvalue weighted by atomic mass is 14.9. The van der Waals surface area contributed by atoms with Gasteiger partial charge in [-0.25, -0.2) is 0 Å². The van der Waals surface area contributed by atoms with E-state index < -0.39 is 0 Å². The van der Waals surface area contributed by atoms with Gasteiger partial charge in [0.15, 0.2) is 0 Å². The molecule has 0 bridgehead atoms. The molecule has 0 unspecified atom stereocenters. The Hall–Kier alpha value is -1.76. The summed E-state index contributed by atoms with van der Waals surface area (Å²) in [4.78, 5) is 0. The predicted octanol–water partition coefficient (Wildman–Crippen LogP) is 4.73. The van der Waals surface area contributed by atoms with E-state index in [1.54, 1.807) is 0 Å². The van der Waals surface area contributed by atoms with Crippen LogP contribution in [0, 0.1) is 6.92 Å². The van der Waals surface area contributed by atoms with Crippen LogP contribution >= 0.6 is 0 Å². The lowest BCUT2D eigenvalue weighted by atomic mass is 10.0. The molecule has 2 rings (SSSR count). The van der Waals surface area contributed by atoms with Gasteiger partial charge in [-0.2, -0.15) is 0 Å². The Bertz CT molecular complexity index is 497. The number of nitrogens with one attached hydrogen (secondary N) is 1. The molecule has 0 aliphatic heterocycles. The first-order valence-electron chi connectivity index (χ1n) is 6.54. The van der Waals surface area contributed by atoms with Crippen molar-refractivity contribution in [2.75, 3.05) is 5.32 Å². The van der Waals surface area contributed by atoms with Crippen LogP contribution in [-0.4, -0.2) is 0 Å². The van der Waals surface area contributed by atoms with Crippen molar-refractivity contribution >= 4 is 5.69 Å². The van der Waals surface area contributed by atoms with E-state index in [2.05, 4.69) is 74.6 Å². The lowest BCUT2D eigenvalue weighted by molar-refractivity contribution is 0.866. The van der Waals surface area contributed by atoms with Gasteiger partial charge >= 0.3 is 0 Å². The summed E-state index contributed by atoms with van der Waals surface area (Å²) in [5.74, 6) is 0.575. The molecular weight excluding hydrogens is 218 g/mol. The second kappa shape index (κ2) is 5.72. The van der Waals surface area contributed by atoms with Crippen LogP contribution in [0.4, 0.5) is 5.69 Å². The first-order valence-corrected chi connectivity index (χ1v) is 6.54. The monoisotopic (exact) mass is 239 g/mol. The maximum atomic E-state index is 3.48. The fourth-order valence-electron chi connectivity index (χ4n) is 1.92. The zero-order valence-corrected chi connectivity index (χ0v) is 11.4. The van der Waals surface area contributed by atoms with Crippen molar-refractivity contribution in [3.05, 3.63) is 65.2 Å². The molecule has 1 heteroatoms. The number of aryl methyl sites for hydroxylation is 1. The lowest BCUT2D eigenvalue weighted by Gasteiger charge is -2.10. The van der Waals surface area contributed by atoms with Gasteiger partial charge in [0.05, 0.1) is 0 Å². The summed E-state index contributed by atoms with van der Waals surface area (Å²) in [7, 11) is 0. The average Bonchev–Trinajstić information content (AvgIpc) is 2.38. The molecular formula is C17H21N. The minimum absolute atomic E-state index is 0.575. The van der Waals surface area contributed by atoms with Crippen LogP contribution in [0.5, 0.6) is 0 Å². The SMILES string of the molecule is Cc1ccc(CNc2cccc(C(C)C)c2)cc1. The Morgan fingerprint density at radius 1 is 1.00 bits per heavy atom. The number of benzene rings is 2. The van der Waals surface area contributed by atoms with Crippen LogP contribution in [0.1, 0.15) is 36.5 Å². The van der Waals surface area contributed by atoms with E-state index >= 15 is 0 Å². The predicted molar refractivity (Wildman–Crippen MR) is 79.0 cm³/mol. The van der Waals surface area contributed by atoms with Gasteiger partial charge in [-0.3, -0.25) is 0 Å². The third kappa shape index (κ3) is 3.36. The van der Waals surface area contributed by atoms with Crippen molar-refractivity contribution in [3.63, 3.8) is 0 Å². The molecule has 0 saturated heterocycles. The van der Waals surface area contributed by atoms with Crippen LogP contribution in [0.25, 0.3) is 0 Å². The van der Waals surface area contributed by atoms with Gasteiger partial charge in [0.1, 0.15) is 0 Å². The first-order chi connectivity index (χ1) is 8.65. The standard InChI is InChI=1S/C17H21N/c1-13(2)16-5-4-6-17(11-16)18-12-15-9-7-14(3)8-10-15/h4-11,13,18H,12H2,1-3H3. The molecule has 0 atom stereocenters. The van der Waals surface area contributed by atoms with Crippen molar-refractivity contribution < 1.29 is 0 Å². The molecule has 2 aromatic carbocycles. The van der Waals surface area contributed by atoms with Gasteiger partial charge in [0, 0.05) is 12.2 Å². The van der Waals surface area contributed by atoms with Crippen molar-refractivity contribution in [3.8, 4) is 0 Å². The second-order valence-corrected chi connectivity index (χ2v) is 5.12. The Kier molecular flexibility index (Phi) is 4.03. The van der Waals surface area contributed by atoms with Gasteiger partial charge in [-0.1, -0.05) is 55.8 Å². The lowest BCUT2D eigenvalue weighted by Crippen LogP contribution is -2.00. The zero-order valence-electron chi connectivity index (χ0n) is 11.4. The maximum Gasteiger partial charge on any atom is 0.0400 e. The van der Waals surface area contributed by atoms with Gasteiger partial charge in [-0.05, 0) is 36.1 Å². The molecule has 94 valence electrons. The normalized spacial score (nSPS) is 10.7. The third-order valence-electron chi connectivity index (χ3n) is 3.17. The van der Waals surface area contributed by atoms with Gasteiger partial charge in [0.2, 0.25) is 0 Å². The number of anilines is 1. The van der Waals surface area contributed by atoms with Gasteiger partial charge in [0.25, 0.3) is 0 Å². The van der Waals surface area contributed by atoms with E-state index in [0.29, 0.717) is 5.92 Å². The van der Waals surface area contributed by atoms with Crippen LogP contribution in [0.3, 0.4) is 0 Å². The molecule has 1 N–H and O–H groups in total. The molecule has 0 aliphatic rings. The second-order valence-electron chi connectivity index (χ2n) is 5.12. The Morgan fingerprint density at radius 3 is 2.39 bits per heavy atom. The van der Waals surface area contributed by atoms with Gasteiger partial charge in [-0.15, -0.1) is 0 Å². The fourth-order valence-corrected chi connectivity index (χ4v) is 1.92. The zero-order chi connectivity index (χ0) is 13.0. The van der Waals surface area contributed by atoms with Crippen LogP contribution in [0.15, 0.2) is 48.5 Å². The number of rotatable bonds is 4. The minimum Gasteiger partial charge on any atom is -0.381 e. The van der Waals surface area contributed by atoms with Crippen LogP contribution in [-0.2, 0) is 6.54 Å². The van der Waals surface area contributed by atoms with E-state index in [1.807, 2.05) is 0 Å². The fraction of sp³-hybridized carbons (Fsp3) is 0.294. The van der Waals surface area contributed by atoms with Crippen molar-refractivity contribution in [1.82, 2.24) is 0 Å². The molecule has 18 heavy (non-hydrogen) atoms. The highest BCUT2D eigenvalue weighted by molar-refractivity contribution is 5.47. The molecule has 1 nitrogen and oxygen atoms in total. The molecule has 0 amide bonds. The van der Waals surface area contributed by atoms with E-state index in [0.717, 1.165) is 6.54 Å². The molecule has 0 radical (unpaired) electrons. The molecule has 0 aliphatic carbocycles. The molecule has 0 saturated carbocycles. The summed E-state index contributed by atoms with van der Waals surface area (Å²) < 4.78 is 0. The summed E-state index contributed by atoms with van der Waals surface area (Å²) in [5, 5.41) is 3.48. The van der Waals surface area contributed by atoms with Gasteiger partial charge < -0.3 is 5.32 Å². The third-order valence-corrected chi connectivity index (χ3v) is 3.17. The first kappa shape index (κ1) is 12.7. The van der Waals surface area contributed by atoms with Crippen molar-refractivity contribution in [2.45, 2.75) is 33.2 Å². The molecule has 2 aromatic rings. The summed E-state index contributed by atoms with van der Waals surface area (Å²) in [6.45, 7) is 7.43. The molecule has 0 aromatic heterocycles. The Labute approximate surface area is 110 Å². The largest absolute Gasteiger partial charge is 0.381 e. The Morgan fingerprint density at radius 2 is 1.72 bits per heavy atom. The highest BCUT2D eigenvalue weighted by Crippen LogP contribution is 2.19. The van der Waals surface area contributed by atoms with Crippen LogP contribution in [0.2, 0.25) is 0 Å². The number of hydrogen-bond acceptors (Lipinski definition) is 1. The quantitative estimate of drug-likeness (QED) is 0.813. The van der Waals surface area contributed by atoms with Crippen molar-refractivity contribution in [1.29, 1.82) is 0 Å². The topological polar surface area (TPSA) is 12.0 Å². The summed E-state index contributed by atoms with van der Waals surface area (Å²) in [5.41, 5.74) is 5.20. The van der Waals surface area contributed by atoms with Crippen molar-refractivity contribution in [2.24, 2.45) is 0 Å². The smallest absolute Gasteiger partial charge is 0.0400 e. The maximum absolute atomic E-state index is 3.48. The molecule has 0 heterocycles. The average molecular weight is 239 g/mol. The van der Waals surface area contributed by atoms with E-state index in [1.165, 1.54) is 22.4 Å². The highest BCUT2D eigenvalue weighted by Gasteiger charge is 2.00. The number of hydrogen-bond donors (Lipinski definition) is 1. The van der Waals surface area contributed by atoms with Crippen LogP contribution < -0.4 is 5.32 Å². The summed E-state index contributed by atoms with van der Waals surface area (Å²) in [6, 6.07) is 17.3. The van der Waals surface area contributed by atoms with E-state index in [-0.39, 0.29) is 0 Å². The minimum atomic E-state index is 0.575. The van der Waals surface area contributed by atoms with E-state index in [4.69, 9.17) is 0 Å². The van der Waals surface area contributed by atoms with E-state index in [9.17, 15) is 0 Å². The molecule has 0 fully saturated rings. The molecule has 0 spiro atoms. The Balaban J connectivity index is 2.01. The summed E-state index contributed by atoms with van der Waals surface area (Å²) in [6.07, 6.45) is 0. The summed E-state index contributed by atoms with van der Waals surface area (Å²) >= 11 is 0.